The number of nitrogens with one attached hydrogen (secondary N) is 2. The molecule has 2 aromatic carbocycles. The number of hydrogen-bond donors (Lipinski definition) is 2. The summed E-state index contributed by atoms with van der Waals surface area (Å²) in [6.07, 6.45) is 3.42. The van der Waals surface area contributed by atoms with E-state index in [0.29, 0.717) is 52.7 Å². The normalized spacial score (nSPS) is 13.1. The van der Waals surface area contributed by atoms with Crippen LogP contribution < -0.4 is 10.0 Å². The minimum Gasteiger partial charge on any atom is -0.466 e. The predicted molar refractivity (Wildman–Crippen MR) is 161 cm³/mol. The van der Waals surface area contributed by atoms with Crippen LogP contribution in [0.1, 0.15) is 50.2 Å². The van der Waals surface area contributed by atoms with Gasteiger partial charge in [0.1, 0.15) is 10.9 Å². The number of ether oxygens (including phenoxy) is 1. The van der Waals surface area contributed by atoms with Crippen molar-refractivity contribution in [3.8, 4) is 11.1 Å². The summed E-state index contributed by atoms with van der Waals surface area (Å²) in [5, 5.41) is 3.67. The van der Waals surface area contributed by atoms with E-state index in [1.165, 1.54) is 24.9 Å². The van der Waals surface area contributed by atoms with Crippen molar-refractivity contribution in [2.75, 3.05) is 19.4 Å². The molecule has 4 rings (SSSR count). The molecule has 218 valence electrons. The zero-order valence-corrected chi connectivity index (χ0v) is 25.6. The first-order valence-corrected chi connectivity index (χ1v) is 16.2. The molecule has 0 saturated carbocycles. The molecule has 0 bridgehead atoms. The number of thioether (sulfide) groups is 1. The van der Waals surface area contributed by atoms with Crippen LogP contribution in [0.5, 0.6) is 0 Å². The molecule has 0 saturated heterocycles. The minimum atomic E-state index is -4.10. The highest BCUT2D eigenvalue weighted by molar-refractivity contribution is 7.99. The Balaban J connectivity index is 1.65. The van der Waals surface area contributed by atoms with Gasteiger partial charge in [-0.25, -0.2) is 27.7 Å². The Morgan fingerprint density at radius 2 is 1.83 bits per heavy atom. The second kappa shape index (κ2) is 13.6. The van der Waals surface area contributed by atoms with Crippen LogP contribution in [0.2, 0.25) is 0 Å². The van der Waals surface area contributed by atoms with Crippen molar-refractivity contribution in [3.63, 3.8) is 0 Å². The van der Waals surface area contributed by atoms with E-state index >= 15 is 0 Å². The van der Waals surface area contributed by atoms with E-state index in [1.54, 1.807) is 18.2 Å². The van der Waals surface area contributed by atoms with Crippen molar-refractivity contribution in [1.29, 1.82) is 0 Å². The van der Waals surface area contributed by atoms with Crippen molar-refractivity contribution in [1.82, 2.24) is 19.6 Å². The lowest BCUT2D eigenvalue weighted by Crippen LogP contribution is -2.39. The third-order valence-electron chi connectivity index (χ3n) is 6.57. The second-order valence-electron chi connectivity index (χ2n) is 9.50. The maximum atomic E-state index is 13.0. The molecular weight excluding hydrogens is 584 g/mol. The summed E-state index contributed by atoms with van der Waals surface area (Å²) in [6, 6.07) is 13.3. The number of benzene rings is 2. The first-order chi connectivity index (χ1) is 19.7. The number of urea groups is 1. The molecule has 3 aromatic rings. The average molecular weight is 617 g/mol. The maximum absolute atomic E-state index is 13.0. The topological polar surface area (TPSA) is 119 Å². The van der Waals surface area contributed by atoms with Gasteiger partial charge in [-0.3, -0.25) is 0 Å². The number of unbranched alkanes of at least 4 members (excludes halogenated alkanes) is 1. The first-order valence-electron chi connectivity index (χ1n) is 13.4. The molecule has 0 unspecified atom stereocenters. The van der Waals surface area contributed by atoms with Crippen molar-refractivity contribution in [2.45, 2.75) is 56.0 Å². The fourth-order valence-corrected chi connectivity index (χ4v) is 7.16. The molecule has 1 aliphatic rings. The zero-order chi connectivity index (χ0) is 29.6. The van der Waals surface area contributed by atoms with Gasteiger partial charge >= 0.3 is 12.0 Å². The molecule has 1 aliphatic heterocycles. The number of imidazole rings is 1. The molecule has 1 aromatic heterocycles. The van der Waals surface area contributed by atoms with E-state index in [0.717, 1.165) is 35.7 Å². The van der Waals surface area contributed by atoms with Crippen molar-refractivity contribution < 1.29 is 22.7 Å². The monoisotopic (exact) mass is 616 g/mol. The van der Waals surface area contributed by atoms with Crippen LogP contribution in [0, 0.1) is 0 Å². The molecule has 0 spiro atoms. The van der Waals surface area contributed by atoms with Gasteiger partial charge in [0, 0.05) is 30.8 Å². The smallest absolute Gasteiger partial charge is 0.336 e. The van der Waals surface area contributed by atoms with Crippen LogP contribution in [0.3, 0.4) is 0 Å². The molecule has 2 N–H and O–H groups in total. The van der Waals surface area contributed by atoms with E-state index in [4.69, 9.17) is 21.3 Å². The molecular formula is C29H33ClN4O5S2. The highest BCUT2D eigenvalue weighted by Gasteiger charge is 2.30. The van der Waals surface area contributed by atoms with E-state index in [9.17, 15) is 18.0 Å². The number of esters is 1. The van der Waals surface area contributed by atoms with Gasteiger partial charge in [0.05, 0.1) is 28.3 Å². The molecule has 12 heteroatoms. The maximum Gasteiger partial charge on any atom is 0.336 e. The minimum absolute atomic E-state index is 0.00853. The predicted octanol–water partition coefficient (Wildman–Crippen LogP) is 5.57. The Bertz CT molecular complexity index is 1570. The van der Waals surface area contributed by atoms with Crippen LogP contribution in [0.25, 0.3) is 16.2 Å². The van der Waals surface area contributed by atoms with Gasteiger partial charge in [-0.1, -0.05) is 86.1 Å². The Morgan fingerprint density at radius 1 is 1.10 bits per heavy atom. The fourth-order valence-electron chi connectivity index (χ4n) is 4.47. The molecule has 9 nitrogen and oxygen atoms in total. The number of rotatable bonds is 11. The third-order valence-corrected chi connectivity index (χ3v) is 9.36. The standard InChI is InChI=1S/C29H33ClN4O5S2/c1-4-6-11-24-32-27-26(25(30)22(18-40-27)28(35)39-3)34(24)17-19-12-14-20(15-13-19)21-9-7-8-10-23(21)41(37,38)33-29(36)31-16-5-2/h7-10,12-15H,4-6,11,16-18H2,1-3H3,(H2,31,33,36). The molecule has 2 heterocycles. The van der Waals surface area contributed by atoms with Gasteiger partial charge in [-0.05, 0) is 30.0 Å². The SMILES string of the molecule is CCCCc1nc2c(n1Cc1ccc(-c3ccccc3S(=O)(=O)NC(=O)NCCC)cc1)C(Cl)=C(C(=O)OC)CS2. The van der Waals surface area contributed by atoms with Crippen LogP contribution in [0.4, 0.5) is 4.79 Å². The van der Waals surface area contributed by atoms with E-state index < -0.39 is 22.0 Å². The van der Waals surface area contributed by atoms with E-state index in [2.05, 4.69) is 21.5 Å². The van der Waals surface area contributed by atoms with Crippen molar-refractivity contribution in [3.05, 3.63) is 71.2 Å². The quantitative estimate of drug-likeness (QED) is 0.270. The Kier molecular flexibility index (Phi) is 10.2. The third kappa shape index (κ3) is 6.97. The summed E-state index contributed by atoms with van der Waals surface area (Å²) in [5.41, 5.74) is 3.23. The van der Waals surface area contributed by atoms with Gasteiger partial charge < -0.3 is 14.6 Å². The lowest BCUT2D eigenvalue weighted by Gasteiger charge is -2.18. The van der Waals surface area contributed by atoms with Crippen LogP contribution >= 0.6 is 23.4 Å². The summed E-state index contributed by atoms with van der Waals surface area (Å²) in [5.74, 6) is 0.836. The number of aromatic nitrogens is 2. The number of carbonyl (C=O) groups excluding carboxylic acids is 2. The molecule has 0 fully saturated rings. The van der Waals surface area contributed by atoms with Crippen molar-refractivity contribution >= 4 is 50.4 Å². The van der Waals surface area contributed by atoms with Gasteiger partial charge in [0.15, 0.2) is 0 Å². The highest BCUT2D eigenvalue weighted by atomic mass is 35.5. The number of sulfonamides is 1. The van der Waals surface area contributed by atoms with Crippen molar-refractivity contribution in [2.24, 2.45) is 0 Å². The van der Waals surface area contributed by atoms with Gasteiger partial charge in [0.25, 0.3) is 10.0 Å². The van der Waals surface area contributed by atoms with E-state index in [-0.39, 0.29) is 4.90 Å². The molecule has 0 atom stereocenters. The Labute approximate surface area is 249 Å². The number of hydrogen-bond acceptors (Lipinski definition) is 7. The molecule has 0 radical (unpaired) electrons. The summed E-state index contributed by atoms with van der Waals surface area (Å²) in [6.45, 7) is 4.83. The molecule has 41 heavy (non-hydrogen) atoms. The molecule has 2 amide bonds. The number of nitrogens with zero attached hydrogens (tertiary/aromatic N) is 2. The average Bonchev–Trinajstić information content (AvgIpc) is 3.32. The number of halogens is 1. The van der Waals surface area contributed by atoms with E-state index in [1.807, 2.05) is 31.2 Å². The Morgan fingerprint density at radius 3 is 2.51 bits per heavy atom. The molecule has 0 aliphatic carbocycles. The fraction of sp³-hybridized carbons (Fsp3) is 0.345. The second-order valence-corrected chi connectivity index (χ2v) is 12.5. The van der Waals surface area contributed by atoms with Gasteiger partial charge in [-0.15, -0.1) is 0 Å². The lowest BCUT2D eigenvalue weighted by molar-refractivity contribution is -0.135. The lowest BCUT2D eigenvalue weighted by atomic mass is 10.0. The highest BCUT2D eigenvalue weighted by Crippen LogP contribution is 2.40. The summed E-state index contributed by atoms with van der Waals surface area (Å²) >= 11 is 8.22. The van der Waals surface area contributed by atoms with Gasteiger partial charge in [-0.2, -0.15) is 0 Å². The summed E-state index contributed by atoms with van der Waals surface area (Å²) in [4.78, 5) is 29.3. The largest absolute Gasteiger partial charge is 0.466 e. The Hall–Kier alpha value is -3.28. The van der Waals surface area contributed by atoms with Crippen LogP contribution in [-0.2, 0) is 32.5 Å². The summed E-state index contributed by atoms with van der Waals surface area (Å²) < 4.78 is 35.1. The number of fused-ring (bicyclic) bond motifs is 1. The number of aryl methyl sites for hydroxylation is 1. The van der Waals surface area contributed by atoms with Gasteiger partial charge in [0.2, 0.25) is 0 Å². The number of methoxy groups -OCH3 is 1. The van der Waals surface area contributed by atoms with Crippen LogP contribution in [0.15, 0.2) is 64.0 Å². The van der Waals surface area contributed by atoms with Crippen LogP contribution in [-0.4, -0.2) is 49.4 Å². The number of carbonyl (C=O) groups is 2. The number of amides is 2. The zero-order valence-electron chi connectivity index (χ0n) is 23.2. The first kappa shape index (κ1) is 30.7. The summed E-state index contributed by atoms with van der Waals surface area (Å²) in [7, 11) is -2.76.